The largest absolute Gasteiger partial charge is 0.456 e. The smallest absolute Gasteiger partial charge is 0.407 e. The first-order valence-electron chi connectivity index (χ1n) is 20.9. The maximum absolute atomic E-state index is 15.9. The molecule has 1 saturated heterocycles. The Hall–Kier alpha value is -4.81. The number of fused-ring (bicyclic) bond motifs is 5. The molecule has 1 heterocycles. The van der Waals surface area contributed by atoms with Gasteiger partial charge in [0.05, 0.1) is 47.7 Å². The molecule has 0 spiro atoms. The summed E-state index contributed by atoms with van der Waals surface area (Å²) >= 11 is 1.34. The second kappa shape index (κ2) is 18.4. The number of carbonyl (C=O) groups is 6. The molecule has 11 atom stereocenters. The summed E-state index contributed by atoms with van der Waals surface area (Å²) < 4.78 is 42.5. The van der Waals surface area contributed by atoms with Gasteiger partial charge in [-0.25, -0.2) is 14.4 Å². The predicted molar refractivity (Wildman–Crippen MR) is 226 cm³/mol. The Balaban J connectivity index is 1.57. The first-order valence-corrected chi connectivity index (χ1v) is 22.3. The quantitative estimate of drug-likeness (QED) is 0.107. The highest BCUT2D eigenvalue weighted by Gasteiger charge is 2.78. The molecule has 0 aromatic heterocycles. The molecule has 2 aromatic rings. The van der Waals surface area contributed by atoms with Gasteiger partial charge in [-0.05, 0) is 62.8 Å². The van der Waals surface area contributed by atoms with Gasteiger partial charge in [0.25, 0.3) is 0 Å². The number of alkyl carbamates (subject to hydrolysis) is 1. The Morgan fingerprint density at radius 2 is 1.57 bits per heavy atom. The number of Topliss-reactive ketones (excluding diaryl/α,β-unsaturated/α-hetero) is 1. The van der Waals surface area contributed by atoms with E-state index in [1.54, 1.807) is 96.3 Å². The summed E-state index contributed by atoms with van der Waals surface area (Å²) in [5.41, 5.74) is -6.81. The summed E-state index contributed by atoms with van der Waals surface area (Å²) in [6, 6.07) is 14.8. The fourth-order valence-corrected chi connectivity index (χ4v) is 10.4. The van der Waals surface area contributed by atoms with Crippen LogP contribution in [0, 0.1) is 16.7 Å². The van der Waals surface area contributed by atoms with E-state index >= 15 is 4.79 Å². The molecule has 2 saturated carbocycles. The number of ether oxygens (including phenoxy) is 7. The van der Waals surface area contributed by atoms with Crippen LogP contribution in [0.5, 0.6) is 0 Å². The fourth-order valence-electron chi connectivity index (χ4n) is 10.1. The van der Waals surface area contributed by atoms with E-state index in [0.717, 1.165) is 6.92 Å². The molecule has 0 unspecified atom stereocenters. The van der Waals surface area contributed by atoms with Gasteiger partial charge in [0.1, 0.15) is 23.9 Å². The zero-order chi connectivity index (χ0) is 46.2. The highest BCUT2D eigenvalue weighted by Crippen LogP contribution is 2.65. The third-order valence-electron chi connectivity index (χ3n) is 13.1. The lowest BCUT2D eigenvalue weighted by Gasteiger charge is -2.67. The molecule has 4 aliphatic rings. The number of benzene rings is 2. The van der Waals surface area contributed by atoms with Gasteiger partial charge in [-0.2, -0.15) is 0 Å². The van der Waals surface area contributed by atoms with Crippen molar-refractivity contribution in [1.29, 1.82) is 0 Å². The van der Waals surface area contributed by atoms with E-state index in [1.807, 2.05) is 0 Å². The van der Waals surface area contributed by atoms with Crippen LogP contribution in [0.3, 0.4) is 0 Å². The van der Waals surface area contributed by atoms with E-state index in [0.29, 0.717) is 5.56 Å². The molecule has 342 valence electrons. The number of rotatable bonds is 13. The molecule has 63 heavy (non-hydrogen) atoms. The number of thioether (sulfide) groups is 1. The molecule has 2 aromatic carbocycles. The molecule has 0 radical (unpaired) electrons. The lowest BCUT2D eigenvalue weighted by atomic mass is 9.44. The van der Waals surface area contributed by atoms with Gasteiger partial charge in [0.2, 0.25) is 0 Å². The van der Waals surface area contributed by atoms with E-state index in [1.165, 1.54) is 30.8 Å². The van der Waals surface area contributed by atoms with Gasteiger partial charge in [-0.15, -0.1) is 11.8 Å². The highest BCUT2D eigenvalue weighted by atomic mass is 32.2. The standard InChI is InChI=1S/C46H57NO15S/c1-24(2)58-42(54)47-34(28-16-12-10-13-17-28)35(50)41(53)60-30-21-46(55)39(61-40(52)29-18-14-11-15-19-29)37-44(8,38(51)36(59-26(4)48)33(25(30)3)43(46,6)7)31(57-23-63-9)20-32-45(37,22-56-32)62-27(5)49/h10-19,24,30-32,34-37,39,50,55H,20-23H2,1-9H3,(H,47,54)/t30-,31-,32+,34-,35+,36+,37-,39-,44+,45-,46+/m0/s1. The summed E-state index contributed by atoms with van der Waals surface area (Å²) in [5.74, 6) is -5.75. The van der Waals surface area contributed by atoms with Crippen LogP contribution in [-0.4, -0.2) is 119 Å². The van der Waals surface area contributed by atoms with Crippen molar-refractivity contribution in [2.24, 2.45) is 16.7 Å². The van der Waals surface area contributed by atoms with E-state index in [9.17, 15) is 34.2 Å². The molecule has 16 nitrogen and oxygen atoms in total. The Morgan fingerprint density at radius 3 is 2.13 bits per heavy atom. The molecule has 3 N–H and O–H groups in total. The van der Waals surface area contributed by atoms with Crippen molar-refractivity contribution in [3.8, 4) is 0 Å². The number of carbonyl (C=O) groups excluding carboxylic acids is 6. The second-order valence-electron chi connectivity index (χ2n) is 17.7. The number of amides is 1. The van der Waals surface area contributed by atoms with Crippen molar-refractivity contribution < 1.29 is 72.1 Å². The van der Waals surface area contributed by atoms with Crippen molar-refractivity contribution in [2.75, 3.05) is 18.8 Å². The third-order valence-corrected chi connectivity index (χ3v) is 13.5. The van der Waals surface area contributed by atoms with E-state index < -0.39 is 119 Å². The molecule has 3 aliphatic carbocycles. The SMILES string of the molecule is CSCO[C@H]1C[C@H]2OC[C@@]2(OC(C)=O)[C@H]2[C@H](OC(=O)c3ccccc3)[C@]3(O)C[C@H](OC(=O)[C@H](O)[C@@H](NC(=O)OC(C)C)c4ccccc4)C(C)=C([C@@H](OC(C)=O)C(=O)[C@]12C)C3(C)C. The first kappa shape index (κ1) is 47.7. The summed E-state index contributed by atoms with van der Waals surface area (Å²) in [7, 11) is 0. The zero-order valence-corrected chi connectivity index (χ0v) is 37.7. The average molecular weight is 896 g/mol. The van der Waals surface area contributed by atoms with Crippen LogP contribution in [0.4, 0.5) is 4.79 Å². The molecular weight excluding hydrogens is 839 g/mol. The average Bonchev–Trinajstić information content (AvgIpc) is 3.21. The number of aliphatic hydroxyl groups excluding tert-OH is 1. The highest BCUT2D eigenvalue weighted by molar-refractivity contribution is 7.98. The lowest BCUT2D eigenvalue weighted by Crippen LogP contribution is -2.82. The summed E-state index contributed by atoms with van der Waals surface area (Å²) in [6.07, 6.45) is -9.06. The van der Waals surface area contributed by atoms with E-state index in [4.69, 9.17) is 33.2 Å². The van der Waals surface area contributed by atoms with Gasteiger partial charge >= 0.3 is 30.0 Å². The number of nitrogens with one attached hydrogen (secondary N) is 1. The number of hydrogen-bond donors (Lipinski definition) is 3. The van der Waals surface area contributed by atoms with Crippen LogP contribution in [-0.2, 0) is 52.3 Å². The topological polar surface area (TPSA) is 220 Å². The second-order valence-corrected chi connectivity index (χ2v) is 18.5. The van der Waals surface area contributed by atoms with Gasteiger partial charge in [-0.3, -0.25) is 14.4 Å². The fraction of sp³-hybridized carbons (Fsp3) is 0.565. The molecule has 6 rings (SSSR count). The summed E-state index contributed by atoms with van der Waals surface area (Å²) in [6.45, 7) is 11.7. The van der Waals surface area contributed by atoms with Gasteiger partial charge in [0, 0.05) is 32.1 Å². The van der Waals surface area contributed by atoms with Crippen LogP contribution in [0.1, 0.15) is 90.2 Å². The molecule has 17 heteroatoms. The Morgan fingerprint density at radius 1 is 0.937 bits per heavy atom. The minimum absolute atomic E-state index is 0.0397. The van der Waals surface area contributed by atoms with Crippen LogP contribution in [0.15, 0.2) is 71.8 Å². The van der Waals surface area contributed by atoms with Crippen molar-refractivity contribution in [3.63, 3.8) is 0 Å². The monoisotopic (exact) mass is 895 g/mol. The molecular formula is C46H57NO15S. The predicted octanol–water partition coefficient (Wildman–Crippen LogP) is 4.79. The summed E-state index contributed by atoms with van der Waals surface area (Å²) in [4.78, 5) is 83.7. The van der Waals surface area contributed by atoms with Crippen LogP contribution < -0.4 is 5.32 Å². The van der Waals surface area contributed by atoms with Crippen LogP contribution >= 0.6 is 11.8 Å². The zero-order valence-electron chi connectivity index (χ0n) is 36.9. The van der Waals surface area contributed by atoms with Gasteiger partial charge in [0.15, 0.2) is 23.6 Å². The van der Waals surface area contributed by atoms with Gasteiger partial charge < -0.3 is 48.7 Å². The Labute approximate surface area is 370 Å². The van der Waals surface area contributed by atoms with E-state index in [2.05, 4.69) is 5.32 Å². The van der Waals surface area contributed by atoms with E-state index in [-0.39, 0.29) is 35.7 Å². The Bertz CT molecular complexity index is 2110. The first-order chi connectivity index (χ1) is 29.6. The third kappa shape index (κ3) is 8.62. The maximum Gasteiger partial charge on any atom is 0.407 e. The van der Waals surface area contributed by atoms with Crippen LogP contribution in [0.2, 0.25) is 0 Å². The minimum Gasteiger partial charge on any atom is -0.456 e. The van der Waals surface area contributed by atoms with Crippen molar-refractivity contribution in [1.82, 2.24) is 5.32 Å². The van der Waals surface area contributed by atoms with Crippen molar-refractivity contribution in [2.45, 2.75) is 128 Å². The van der Waals surface area contributed by atoms with Crippen LogP contribution in [0.25, 0.3) is 0 Å². The van der Waals surface area contributed by atoms with Crippen molar-refractivity contribution in [3.05, 3.63) is 82.9 Å². The normalized spacial score (nSPS) is 31.7. The van der Waals surface area contributed by atoms with Crippen molar-refractivity contribution >= 4 is 47.5 Å². The number of hydrogen-bond acceptors (Lipinski definition) is 16. The molecule has 1 aliphatic heterocycles. The maximum atomic E-state index is 15.9. The Kier molecular flexibility index (Phi) is 13.9. The minimum atomic E-state index is -2.35. The molecule has 1 amide bonds. The number of esters is 4. The summed E-state index contributed by atoms with van der Waals surface area (Å²) in [5, 5.41) is 28.1. The lowest BCUT2D eigenvalue weighted by molar-refractivity contribution is -0.347. The number of aliphatic hydroxyl groups is 2. The van der Waals surface area contributed by atoms with Gasteiger partial charge in [-0.1, -0.05) is 62.4 Å². The number of ketones is 1. The molecule has 3 fully saturated rings. The molecule has 2 bridgehead atoms.